The van der Waals surface area contributed by atoms with Gasteiger partial charge in [0.15, 0.2) is 5.82 Å². The minimum absolute atomic E-state index is 0.298. The van der Waals surface area contributed by atoms with E-state index in [-0.39, 0.29) is 0 Å². The van der Waals surface area contributed by atoms with Gasteiger partial charge in [-0.25, -0.2) is 9.97 Å². The number of aromatic nitrogens is 2. The Hall–Kier alpha value is -1.07. The number of anilines is 2. The zero-order valence-corrected chi connectivity index (χ0v) is 9.91. The summed E-state index contributed by atoms with van der Waals surface area (Å²) in [5, 5.41) is 3.51. The van der Waals surface area contributed by atoms with Crippen LogP contribution >= 0.6 is 11.6 Å². The normalized spacial score (nSPS) is 12.9. The number of rotatable bonds is 4. The largest absolute Gasteiger partial charge is 0.382 e. The summed E-state index contributed by atoms with van der Waals surface area (Å²) in [7, 11) is 4.03. The molecule has 3 N–H and O–H groups in total. The third kappa shape index (κ3) is 3.21. The second kappa shape index (κ2) is 5.14. The molecule has 0 saturated carbocycles. The van der Waals surface area contributed by atoms with Crippen molar-refractivity contribution < 1.29 is 0 Å². The maximum atomic E-state index is 5.93. The van der Waals surface area contributed by atoms with Crippen molar-refractivity contribution in [3.63, 3.8) is 0 Å². The Kier molecular flexibility index (Phi) is 4.11. The second-order valence-electron chi connectivity index (χ2n) is 3.62. The van der Waals surface area contributed by atoms with Gasteiger partial charge in [0.2, 0.25) is 0 Å². The van der Waals surface area contributed by atoms with Gasteiger partial charge >= 0.3 is 0 Å². The van der Waals surface area contributed by atoms with Gasteiger partial charge in [0, 0.05) is 12.6 Å². The minimum Gasteiger partial charge on any atom is -0.382 e. The first-order valence-corrected chi connectivity index (χ1v) is 5.06. The fourth-order valence-electron chi connectivity index (χ4n) is 0.934. The maximum absolute atomic E-state index is 5.93. The lowest BCUT2D eigenvalue weighted by Gasteiger charge is -2.20. The predicted molar refractivity (Wildman–Crippen MR) is 63.1 cm³/mol. The van der Waals surface area contributed by atoms with Crippen LogP contribution in [0.15, 0.2) is 6.33 Å². The molecule has 0 bridgehead atoms. The lowest BCUT2D eigenvalue weighted by molar-refractivity contribution is 0.326. The Morgan fingerprint density at radius 1 is 1.53 bits per heavy atom. The van der Waals surface area contributed by atoms with Gasteiger partial charge in [-0.15, -0.1) is 0 Å². The molecule has 0 amide bonds. The summed E-state index contributed by atoms with van der Waals surface area (Å²) in [4.78, 5) is 9.91. The van der Waals surface area contributed by atoms with Crippen molar-refractivity contribution in [2.75, 3.05) is 31.7 Å². The Bertz CT molecular complexity index is 328. The first-order chi connectivity index (χ1) is 7.02. The molecule has 6 heteroatoms. The Labute approximate surface area is 94.6 Å². The average molecular weight is 230 g/mol. The second-order valence-corrected chi connectivity index (χ2v) is 3.99. The smallest absolute Gasteiger partial charge is 0.150 e. The van der Waals surface area contributed by atoms with E-state index in [0.717, 1.165) is 6.54 Å². The van der Waals surface area contributed by atoms with Crippen LogP contribution in [0.3, 0.4) is 0 Å². The van der Waals surface area contributed by atoms with Crippen molar-refractivity contribution in [1.29, 1.82) is 0 Å². The van der Waals surface area contributed by atoms with E-state index in [1.54, 1.807) is 0 Å². The van der Waals surface area contributed by atoms with E-state index in [2.05, 4.69) is 27.1 Å². The van der Waals surface area contributed by atoms with E-state index >= 15 is 0 Å². The zero-order valence-electron chi connectivity index (χ0n) is 9.16. The molecular formula is C9H16ClN5. The number of hydrogen-bond donors (Lipinski definition) is 2. The number of nitrogen functional groups attached to an aromatic ring is 1. The first kappa shape index (κ1) is 12.0. The molecule has 0 radical (unpaired) electrons. The van der Waals surface area contributed by atoms with E-state index in [0.29, 0.717) is 22.7 Å². The number of halogens is 1. The molecule has 1 rings (SSSR count). The highest BCUT2D eigenvalue weighted by Gasteiger charge is 2.08. The molecule has 1 aromatic rings. The third-order valence-electron chi connectivity index (χ3n) is 2.26. The first-order valence-electron chi connectivity index (χ1n) is 4.68. The fourth-order valence-corrected chi connectivity index (χ4v) is 1.10. The highest BCUT2D eigenvalue weighted by atomic mass is 35.5. The molecule has 0 fully saturated rings. The molecule has 0 aliphatic heterocycles. The van der Waals surface area contributed by atoms with Crippen molar-refractivity contribution in [3.05, 3.63) is 11.3 Å². The summed E-state index contributed by atoms with van der Waals surface area (Å²) >= 11 is 5.93. The van der Waals surface area contributed by atoms with Crippen molar-refractivity contribution in [2.24, 2.45) is 0 Å². The van der Waals surface area contributed by atoms with Crippen molar-refractivity contribution in [1.82, 2.24) is 14.9 Å². The number of nitrogens with two attached hydrogens (primary N) is 1. The van der Waals surface area contributed by atoms with Crippen molar-refractivity contribution in [3.8, 4) is 0 Å². The lowest BCUT2D eigenvalue weighted by atomic mass is 10.3. The van der Waals surface area contributed by atoms with Gasteiger partial charge in [0.05, 0.1) is 0 Å². The monoisotopic (exact) mass is 229 g/mol. The number of likely N-dealkylation sites (N-methyl/N-ethyl adjacent to an activating group) is 1. The lowest BCUT2D eigenvalue weighted by Crippen LogP contribution is -2.31. The summed E-state index contributed by atoms with van der Waals surface area (Å²) in [5.74, 6) is 0.879. The summed E-state index contributed by atoms with van der Waals surface area (Å²) in [6.45, 7) is 2.86. The number of nitrogens with zero attached hydrogens (tertiary/aromatic N) is 3. The van der Waals surface area contributed by atoms with Gasteiger partial charge in [0.25, 0.3) is 0 Å². The highest BCUT2D eigenvalue weighted by Crippen LogP contribution is 2.22. The van der Waals surface area contributed by atoms with E-state index < -0.39 is 0 Å². The Balaban J connectivity index is 2.62. The fraction of sp³-hybridized carbons (Fsp3) is 0.556. The van der Waals surface area contributed by atoms with E-state index in [1.807, 2.05) is 14.1 Å². The van der Waals surface area contributed by atoms with E-state index in [9.17, 15) is 0 Å². The topological polar surface area (TPSA) is 67.1 Å². The molecule has 1 aromatic heterocycles. The molecule has 1 heterocycles. The van der Waals surface area contributed by atoms with Gasteiger partial charge in [-0.3, -0.25) is 0 Å². The summed E-state index contributed by atoms with van der Waals surface area (Å²) < 4.78 is 0. The molecular weight excluding hydrogens is 214 g/mol. The molecule has 15 heavy (non-hydrogen) atoms. The van der Waals surface area contributed by atoms with Gasteiger partial charge < -0.3 is 16.0 Å². The van der Waals surface area contributed by atoms with Crippen LogP contribution in [0.1, 0.15) is 6.92 Å². The van der Waals surface area contributed by atoms with Gasteiger partial charge in [-0.1, -0.05) is 11.6 Å². The van der Waals surface area contributed by atoms with Crippen LogP contribution in [-0.4, -0.2) is 41.5 Å². The molecule has 84 valence electrons. The Morgan fingerprint density at radius 2 is 2.20 bits per heavy atom. The maximum Gasteiger partial charge on any atom is 0.150 e. The van der Waals surface area contributed by atoms with E-state index in [4.69, 9.17) is 17.3 Å². The van der Waals surface area contributed by atoms with Crippen LogP contribution in [-0.2, 0) is 0 Å². The molecule has 0 spiro atoms. The average Bonchev–Trinajstić information content (AvgIpc) is 2.19. The molecule has 0 saturated heterocycles. The summed E-state index contributed by atoms with van der Waals surface area (Å²) in [5.41, 5.74) is 5.55. The standard InChI is InChI=1S/C9H16ClN5/c1-6(15(2)3)4-12-9-7(10)8(11)13-5-14-9/h5-6H,4H2,1-3H3,(H3,11,12,13,14). The minimum atomic E-state index is 0.298. The third-order valence-corrected chi connectivity index (χ3v) is 2.64. The van der Waals surface area contributed by atoms with Crippen LogP contribution < -0.4 is 11.1 Å². The van der Waals surface area contributed by atoms with Crippen LogP contribution in [0.2, 0.25) is 5.02 Å². The van der Waals surface area contributed by atoms with Crippen LogP contribution in [0, 0.1) is 0 Å². The van der Waals surface area contributed by atoms with Crippen molar-refractivity contribution >= 4 is 23.2 Å². The summed E-state index contributed by atoms with van der Waals surface area (Å²) in [6.07, 6.45) is 1.39. The number of nitrogens with one attached hydrogen (secondary N) is 1. The molecule has 1 atom stereocenters. The molecule has 5 nitrogen and oxygen atoms in total. The highest BCUT2D eigenvalue weighted by molar-refractivity contribution is 6.35. The quantitative estimate of drug-likeness (QED) is 0.809. The van der Waals surface area contributed by atoms with Crippen LogP contribution in [0.25, 0.3) is 0 Å². The number of hydrogen-bond acceptors (Lipinski definition) is 5. The molecule has 1 unspecified atom stereocenters. The molecule has 0 aromatic carbocycles. The summed E-state index contributed by atoms with van der Waals surface area (Å²) in [6, 6.07) is 0.386. The van der Waals surface area contributed by atoms with Gasteiger partial charge in [-0.2, -0.15) is 0 Å². The predicted octanol–water partition coefficient (Wildman–Crippen LogP) is 1.07. The van der Waals surface area contributed by atoms with E-state index in [1.165, 1.54) is 6.33 Å². The molecule has 0 aliphatic carbocycles. The van der Waals surface area contributed by atoms with Crippen molar-refractivity contribution in [2.45, 2.75) is 13.0 Å². The Morgan fingerprint density at radius 3 is 2.80 bits per heavy atom. The van der Waals surface area contributed by atoms with Crippen LogP contribution in [0.4, 0.5) is 11.6 Å². The van der Waals surface area contributed by atoms with Gasteiger partial charge in [0.1, 0.15) is 17.2 Å². The molecule has 0 aliphatic rings. The van der Waals surface area contributed by atoms with Crippen LogP contribution in [0.5, 0.6) is 0 Å². The zero-order chi connectivity index (χ0) is 11.4. The van der Waals surface area contributed by atoms with Gasteiger partial charge in [-0.05, 0) is 21.0 Å². The SMILES string of the molecule is CC(CNc1ncnc(N)c1Cl)N(C)C.